The van der Waals surface area contributed by atoms with Crippen molar-refractivity contribution in [2.45, 2.75) is 46.0 Å². The number of ketones is 1. The lowest BCUT2D eigenvalue weighted by atomic mass is 9.84. The van der Waals surface area contributed by atoms with Gasteiger partial charge in [-0.3, -0.25) is 4.79 Å². The van der Waals surface area contributed by atoms with Gasteiger partial charge in [0.2, 0.25) is 0 Å². The molecule has 1 fully saturated rings. The molecule has 1 aliphatic carbocycles. The van der Waals surface area contributed by atoms with E-state index in [4.69, 9.17) is 0 Å². The van der Waals surface area contributed by atoms with Crippen molar-refractivity contribution in [3.63, 3.8) is 0 Å². The van der Waals surface area contributed by atoms with Crippen LogP contribution in [0.2, 0.25) is 0 Å². The molecule has 0 N–H and O–H groups in total. The number of Topliss-reactive ketones (excluding diaryl/α,β-unsaturated/α-hetero) is 1. The molecular formula is C15H22O. The van der Waals surface area contributed by atoms with E-state index in [1.54, 1.807) is 0 Å². The first-order valence-corrected chi connectivity index (χ1v) is 6.47. The van der Waals surface area contributed by atoms with Crippen LogP contribution in [0.25, 0.3) is 0 Å². The van der Waals surface area contributed by atoms with Crippen molar-refractivity contribution < 1.29 is 4.79 Å². The van der Waals surface area contributed by atoms with E-state index < -0.39 is 0 Å². The van der Waals surface area contributed by atoms with Gasteiger partial charge in [-0.25, -0.2) is 0 Å². The Bertz CT molecular complexity index is 296. The molecule has 0 radical (unpaired) electrons. The Labute approximate surface area is 98.9 Å². The molecule has 0 heterocycles. The number of hydrogen-bond acceptors (Lipinski definition) is 1. The van der Waals surface area contributed by atoms with E-state index in [9.17, 15) is 4.79 Å². The van der Waals surface area contributed by atoms with Crippen LogP contribution in [-0.4, -0.2) is 5.78 Å². The van der Waals surface area contributed by atoms with E-state index in [0.717, 1.165) is 18.4 Å². The van der Waals surface area contributed by atoms with Gasteiger partial charge in [-0.05, 0) is 12.8 Å². The third-order valence-electron chi connectivity index (χ3n) is 3.03. The fourth-order valence-electron chi connectivity index (χ4n) is 2.20. The van der Waals surface area contributed by atoms with E-state index in [0.29, 0.717) is 11.7 Å². The molecule has 0 aliphatic heterocycles. The van der Waals surface area contributed by atoms with E-state index in [1.807, 2.05) is 44.2 Å². The van der Waals surface area contributed by atoms with Crippen molar-refractivity contribution in [3.05, 3.63) is 35.9 Å². The second-order valence-corrected chi connectivity index (χ2v) is 4.07. The molecule has 0 amide bonds. The van der Waals surface area contributed by atoms with Gasteiger partial charge in [-0.1, -0.05) is 63.4 Å². The molecule has 1 saturated carbocycles. The molecule has 2 rings (SSSR count). The van der Waals surface area contributed by atoms with Crippen molar-refractivity contribution in [2.75, 3.05) is 0 Å². The molecule has 0 bridgehead atoms. The summed E-state index contributed by atoms with van der Waals surface area (Å²) in [7, 11) is 0. The lowest BCUT2D eigenvalue weighted by molar-refractivity contribution is 0.0889. The van der Waals surface area contributed by atoms with Crippen LogP contribution in [0.4, 0.5) is 0 Å². The number of carbonyl (C=O) groups excluding carboxylic acids is 1. The first-order chi connectivity index (χ1) is 7.88. The number of benzene rings is 1. The number of carbonyl (C=O) groups is 1. The molecular weight excluding hydrogens is 196 g/mol. The van der Waals surface area contributed by atoms with Crippen LogP contribution in [0.15, 0.2) is 30.3 Å². The molecule has 1 nitrogen and oxygen atoms in total. The minimum atomic E-state index is 0.297. The Morgan fingerprint density at radius 3 is 2.12 bits per heavy atom. The standard InChI is InChI=1S/C13H16O.C2H6/c14-13(11-7-3-1-4-8-11)12-9-5-2-6-10-12;1-2/h1,3-4,7-8,12H,2,5-6,9-10H2;1-2H3. The number of rotatable bonds is 2. The van der Waals surface area contributed by atoms with Crippen molar-refractivity contribution in [2.24, 2.45) is 5.92 Å². The summed E-state index contributed by atoms with van der Waals surface area (Å²) in [5.74, 6) is 0.649. The molecule has 1 aromatic rings. The molecule has 1 aliphatic rings. The summed E-state index contributed by atoms with van der Waals surface area (Å²) >= 11 is 0. The Kier molecular flexibility index (Phi) is 5.84. The van der Waals surface area contributed by atoms with Crippen LogP contribution in [0, 0.1) is 5.92 Å². The van der Waals surface area contributed by atoms with Gasteiger partial charge in [0.25, 0.3) is 0 Å². The summed E-state index contributed by atoms with van der Waals surface area (Å²) in [5, 5.41) is 0. The Morgan fingerprint density at radius 2 is 1.56 bits per heavy atom. The fraction of sp³-hybridized carbons (Fsp3) is 0.533. The van der Waals surface area contributed by atoms with Gasteiger partial charge in [-0.2, -0.15) is 0 Å². The highest BCUT2D eigenvalue weighted by Gasteiger charge is 2.21. The summed E-state index contributed by atoms with van der Waals surface area (Å²) < 4.78 is 0. The highest BCUT2D eigenvalue weighted by Crippen LogP contribution is 2.26. The van der Waals surface area contributed by atoms with Gasteiger partial charge in [0, 0.05) is 11.5 Å². The van der Waals surface area contributed by atoms with Crippen molar-refractivity contribution in [1.29, 1.82) is 0 Å². The second-order valence-electron chi connectivity index (χ2n) is 4.07. The van der Waals surface area contributed by atoms with Crippen LogP contribution >= 0.6 is 0 Å². The summed E-state index contributed by atoms with van der Waals surface area (Å²) in [6.07, 6.45) is 5.94. The molecule has 0 saturated heterocycles. The normalized spacial score (nSPS) is 16.1. The third kappa shape index (κ3) is 3.48. The minimum Gasteiger partial charge on any atom is -0.294 e. The fourth-order valence-corrected chi connectivity index (χ4v) is 2.20. The van der Waals surface area contributed by atoms with Crippen LogP contribution in [0.5, 0.6) is 0 Å². The summed E-state index contributed by atoms with van der Waals surface area (Å²) in [6.45, 7) is 4.00. The van der Waals surface area contributed by atoms with Gasteiger partial charge in [0.15, 0.2) is 5.78 Å². The second kappa shape index (κ2) is 7.21. The predicted molar refractivity (Wildman–Crippen MR) is 68.7 cm³/mol. The zero-order valence-electron chi connectivity index (χ0n) is 10.4. The highest BCUT2D eigenvalue weighted by atomic mass is 16.1. The predicted octanol–water partition coefficient (Wildman–Crippen LogP) is 4.48. The largest absolute Gasteiger partial charge is 0.294 e. The minimum absolute atomic E-state index is 0.297. The average molecular weight is 218 g/mol. The SMILES string of the molecule is CC.O=C(c1ccccc1)C1CCCCC1. The molecule has 16 heavy (non-hydrogen) atoms. The first kappa shape index (κ1) is 13.0. The zero-order chi connectivity index (χ0) is 11.8. The Morgan fingerprint density at radius 1 is 1.00 bits per heavy atom. The van der Waals surface area contributed by atoms with Gasteiger partial charge in [-0.15, -0.1) is 0 Å². The maximum Gasteiger partial charge on any atom is 0.165 e. The van der Waals surface area contributed by atoms with Crippen molar-refractivity contribution in [1.82, 2.24) is 0 Å². The van der Waals surface area contributed by atoms with Gasteiger partial charge >= 0.3 is 0 Å². The molecule has 0 atom stereocenters. The van der Waals surface area contributed by atoms with E-state index in [2.05, 4.69) is 0 Å². The maximum atomic E-state index is 12.0. The van der Waals surface area contributed by atoms with Crippen LogP contribution in [0.1, 0.15) is 56.3 Å². The first-order valence-electron chi connectivity index (χ1n) is 6.47. The number of hydrogen-bond donors (Lipinski definition) is 0. The monoisotopic (exact) mass is 218 g/mol. The maximum absolute atomic E-state index is 12.0. The summed E-state index contributed by atoms with van der Waals surface area (Å²) in [6, 6.07) is 9.69. The molecule has 0 spiro atoms. The smallest absolute Gasteiger partial charge is 0.165 e. The Hall–Kier alpha value is -1.11. The molecule has 0 aromatic heterocycles. The lowest BCUT2D eigenvalue weighted by Crippen LogP contribution is -2.17. The van der Waals surface area contributed by atoms with Gasteiger partial charge in [0.1, 0.15) is 0 Å². The molecule has 1 aromatic carbocycles. The topological polar surface area (TPSA) is 17.1 Å². The van der Waals surface area contributed by atoms with E-state index >= 15 is 0 Å². The summed E-state index contributed by atoms with van der Waals surface area (Å²) in [4.78, 5) is 12.0. The van der Waals surface area contributed by atoms with Gasteiger partial charge < -0.3 is 0 Å². The summed E-state index contributed by atoms with van der Waals surface area (Å²) in [5.41, 5.74) is 0.888. The van der Waals surface area contributed by atoms with E-state index in [-0.39, 0.29) is 0 Å². The zero-order valence-corrected chi connectivity index (χ0v) is 10.4. The lowest BCUT2D eigenvalue weighted by Gasteiger charge is -2.20. The third-order valence-corrected chi connectivity index (χ3v) is 3.03. The molecule has 0 unspecified atom stereocenters. The van der Waals surface area contributed by atoms with Crippen LogP contribution < -0.4 is 0 Å². The molecule has 1 heteroatoms. The van der Waals surface area contributed by atoms with Crippen molar-refractivity contribution >= 4 is 5.78 Å². The Balaban J connectivity index is 0.000000606. The van der Waals surface area contributed by atoms with Crippen LogP contribution in [0.3, 0.4) is 0 Å². The van der Waals surface area contributed by atoms with E-state index in [1.165, 1.54) is 19.3 Å². The quantitative estimate of drug-likeness (QED) is 0.669. The molecule has 88 valence electrons. The van der Waals surface area contributed by atoms with Gasteiger partial charge in [0.05, 0.1) is 0 Å². The van der Waals surface area contributed by atoms with Crippen molar-refractivity contribution in [3.8, 4) is 0 Å². The van der Waals surface area contributed by atoms with Crippen LogP contribution in [-0.2, 0) is 0 Å². The average Bonchev–Trinajstić information content (AvgIpc) is 2.42. The highest BCUT2D eigenvalue weighted by molar-refractivity contribution is 5.97.